The van der Waals surface area contributed by atoms with Crippen molar-refractivity contribution in [2.75, 3.05) is 11.1 Å². The summed E-state index contributed by atoms with van der Waals surface area (Å²) in [5, 5.41) is 7.40. The van der Waals surface area contributed by atoms with Gasteiger partial charge in [0.1, 0.15) is 11.8 Å². The third-order valence-corrected chi connectivity index (χ3v) is 6.11. The van der Waals surface area contributed by atoms with Gasteiger partial charge in [-0.15, -0.1) is 0 Å². The lowest BCUT2D eigenvalue weighted by Gasteiger charge is -2.32. The van der Waals surface area contributed by atoms with Gasteiger partial charge in [0.25, 0.3) is 0 Å². The molecule has 0 spiro atoms. The average Bonchev–Trinajstić information content (AvgIpc) is 3.19. The van der Waals surface area contributed by atoms with Crippen LogP contribution < -0.4 is 16.5 Å². The number of nitrogen functional groups attached to an aromatic ring is 1. The number of nitrogens with one attached hydrogen (secondary N) is 1. The summed E-state index contributed by atoms with van der Waals surface area (Å²) in [5.41, 5.74) is 5.79. The van der Waals surface area contributed by atoms with Gasteiger partial charge in [-0.1, -0.05) is 0 Å². The number of aromatic nitrogens is 3. The van der Waals surface area contributed by atoms with E-state index in [1.807, 2.05) is 33.8 Å². The number of benzene rings is 1. The van der Waals surface area contributed by atoms with Crippen LogP contribution >= 0.6 is 0 Å². The molecule has 1 fully saturated rings. The van der Waals surface area contributed by atoms with Crippen molar-refractivity contribution in [1.82, 2.24) is 14.6 Å². The van der Waals surface area contributed by atoms with Crippen molar-refractivity contribution in [3.63, 3.8) is 0 Å². The van der Waals surface area contributed by atoms with Gasteiger partial charge >= 0.3 is 13.3 Å². The first-order valence-electron chi connectivity index (χ1n) is 10.2. The fourth-order valence-electron chi connectivity index (χ4n) is 3.55. The second kappa shape index (κ2) is 7.38. The summed E-state index contributed by atoms with van der Waals surface area (Å²) in [5.74, 6) is 0.464. The number of hydrogen-bond acceptors (Lipinski definition) is 6. The van der Waals surface area contributed by atoms with Crippen molar-refractivity contribution in [2.45, 2.75) is 58.0 Å². The van der Waals surface area contributed by atoms with E-state index in [9.17, 15) is 13.2 Å². The van der Waals surface area contributed by atoms with Gasteiger partial charge in [0.2, 0.25) is 0 Å². The molecule has 0 bridgehead atoms. The number of alkyl halides is 3. The third kappa shape index (κ3) is 4.02. The summed E-state index contributed by atoms with van der Waals surface area (Å²) in [4.78, 5) is 4.28. The Morgan fingerprint density at radius 2 is 1.75 bits per heavy atom. The van der Waals surface area contributed by atoms with Crippen LogP contribution in [0.3, 0.4) is 0 Å². The van der Waals surface area contributed by atoms with Gasteiger partial charge in [-0.25, -0.2) is 9.50 Å². The third-order valence-electron chi connectivity index (χ3n) is 6.11. The monoisotopic (exact) mass is 447 g/mol. The molecule has 32 heavy (non-hydrogen) atoms. The number of rotatable bonds is 4. The van der Waals surface area contributed by atoms with Gasteiger partial charge in [0, 0.05) is 17.3 Å². The van der Waals surface area contributed by atoms with Crippen molar-refractivity contribution in [3.05, 3.63) is 47.9 Å². The number of halogens is 3. The van der Waals surface area contributed by atoms with E-state index in [0.29, 0.717) is 16.9 Å². The minimum Gasteiger partial charge on any atom is -0.399 e. The Morgan fingerprint density at radius 1 is 1.09 bits per heavy atom. The van der Waals surface area contributed by atoms with Gasteiger partial charge in [-0.05, 0) is 64.4 Å². The average molecular weight is 447 g/mol. The zero-order valence-electron chi connectivity index (χ0n) is 18.5. The van der Waals surface area contributed by atoms with E-state index in [4.69, 9.17) is 15.0 Å². The van der Waals surface area contributed by atoms with Gasteiger partial charge < -0.3 is 20.4 Å². The van der Waals surface area contributed by atoms with Crippen LogP contribution in [-0.4, -0.2) is 32.9 Å². The van der Waals surface area contributed by atoms with Gasteiger partial charge in [0.05, 0.1) is 22.8 Å². The molecule has 1 aromatic carbocycles. The standard InChI is InChI=1S/C21H25BF3N5O2/c1-12(13-6-14(21(23,24)25)8-16(26)7-13)29-18-17-9-15(10-30(17)28-11-27-18)22-31-19(2,3)20(4,5)32-22/h6-12H,26H2,1-5H3,(H,27,28,29)/t12-/m1/s1. The summed E-state index contributed by atoms with van der Waals surface area (Å²) in [7, 11) is -0.574. The second-order valence-corrected chi connectivity index (χ2v) is 9.05. The molecule has 1 aliphatic rings. The maximum Gasteiger partial charge on any atom is 0.496 e. The van der Waals surface area contributed by atoms with Gasteiger partial charge in [-0.3, -0.25) is 0 Å². The summed E-state index contributed by atoms with van der Waals surface area (Å²) >= 11 is 0. The molecule has 170 valence electrons. The largest absolute Gasteiger partial charge is 0.496 e. The quantitative estimate of drug-likeness (QED) is 0.468. The number of nitrogens with two attached hydrogens (primary N) is 1. The van der Waals surface area contributed by atoms with Crippen molar-refractivity contribution < 1.29 is 22.5 Å². The molecule has 3 N–H and O–H groups in total. The Balaban J connectivity index is 1.63. The Kier molecular flexibility index (Phi) is 5.17. The molecule has 0 aliphatic carbocycles. The van der Waals surface area contributed by atoms with Crippen LogP contribution in [0, 0.1) is 0 Å². The van der Waals surface area contributed by atoms with Crippen LogP contribution in [-0.2, 0) is 15.5 Å². The maximum atomic E-state index is 13.2. The smallest absolute Gasteiger partial charge is 0.399 e. The summed E-state index contributed by atoms with van der Waals surface area (Å²) in [6.45, 7) is 9.62. The predicted molar refractivity (Wildman–Crippen MR) is 117 cm³/mol. The molecule has 0 saturated carbocycles. The zero-order valence-corrected chi connectivity index (χ0v) is 18.5. The van der Waals surface area contributed by atoms with Crippen LogP contribution in [0.1, 0.15) is 51.8 Å². The number of hydrogen-bond donors (Lipinski definition) is 2. The van der Waals surface area contributed by atoms with Crippen LogP contribution in [0.2, 0.25) is 0 Å². The predicted octanol–water partition coefficient (Wildman–Crippen LogP) is 3.80. The highest BCUT2D eigenvalue weighted by Crippen LogP contribution is 2.37. The lowest BCUT2D eigenvalue weighted by molar-refractivity contribution is -0.137. The van der Waals surface area contributed by atoms with Gasteiger partial charge in [0.15, 0.2) is 5.82 Å². The van der Waals surface area contributed by atoms with E-state index in [-0.39, 0.29) is 5.69 Å². The first-order valence-corrected chi connectivity index (χ1v) is 10.2. The highest BCUT2D eigenvalue weighted by Gasteiger charge is 2.52. The fraction of sp³-hybridized carbons (Fsp3) is 0.429. The zero-order chi connectivity index (χ0) is 23.5. The fourth-order valence-corrected chi connectivity index (χ4v) is 3.55. The van der Waals surface area contributed by atoms with Crippen LogP contribution in [0.25, 0.3) is 5.52 Å². The molecule has 1 aliphatic heterocycles. The van der Waals surface area contributed by atoms with Crippen LogP contribution in [0.5, 0.6) is 0 Å². The van der Waals surface area contributed by atoms with Crippen molar-refractivity contribution in [2.24, 2.45) is 0 Å². The van der Waals surface area contributed by atoms with E-state index < -0.39 is 36.1 Å². The second-order valence-electron chi connectivity index (χ2n) is 9.05. The Hall–Kier alpha value is -2.79. The van der Waals surface area contributed by atoms with E-state index in [2.05, 4.69) is 15.4 Å². The Labute approximate surface area is 184 Å². The molecule has 3 heterocycles. The Bertz CT molecular complexity index is 1150. The maximum absolute atomic E-state index is 13.2. The highest BCUT2D eigenvalue weighted by molar-refractivity contribution is 6.62. The molecule has 1 saturated heterocycles. The first kappa shape index (κ1) is 22.4. The normalized spacial score (nSPS) is 18.8. The molecule has 11 heteroatoms. The Morgan fingerprint density at radius 3 is 2.38 bits per heavy atom. The minimum atomic E-state index is -4.48. The molecule has 2 aromatic heterocycles. The lowest BCUT2D eigenvalue weighted by atomic mass is 9.81. The lowest BCUT2D eigenvalue weighted by Crippen LogP contribution is -2.41. The topological polar surface area (TPSA) is 86.7 Å². The SMILES string of the molecule is C[C@@H](Nc1ncnn2cc(B3OC(C)(C)C(C)(C)O3)cc12)c1cc(N)cc(C(F)(F)F)c1. The van der Waals surface area contributed by atoms with E-state index in [0.717, 1.165) is 17.6 Å². The van der Waals surface area contributed by atoms with E-state index in [1.165, 1.54) is 12.4 Å². The summed E-state index contributed by atoms with van der Waals surface area (Å²) < 4.78 is 53.4. The molecule has 4 rings (SSSR count). The van der Waals surface area contributed by atoms with Crippen molar-refractivity contribution in [3.8, 4) is 0 Å². The number of fused-ring (bicyclic) bond motifs is 1. The number of anilines is 2. The van der Waals surface area contributed by atoms with Crippen molar-refractivity contribution in [1.29, 1.82) is 0 Å². The molecule has 0 unspecified atom stereocenters. The van der Waals surface area contributed by atoms with Crippen molar-refractivity contribution >= 4 is 29.6 Å². The molecular weight excluding hydrogens is 422 g/mol. The molecule has 0 amide bonds. The molecule has 7 nitrogen and oxygen atoms in total. The number of nitrogens with zero attached hydrogens (tertiary/aromatic N) is 3. The molecular formula is C21H25BF3N5O2. The molecule has 3 aromatic rings. The van der Waals surface area contributed by atoms with Crippen LogP contribution in [0.15, 0.2) is 36.8 Å². The minimum absolute atomic E-state index is 0.0436. The first-order chi connectivity index (χ1) is 14.8. The summed E-state index contributed by atoms with van der Waals surface area (Å²) in [6.07, 6.45) is -1.32. The molecule has 1 atom stereocenters. The van der Waals surface area contributed by atoms with Gasteiger partial charge in [-0.2, -0.15) is 18.3 Å². The summed E-state index contributed by atoms with van der Waals surface area (Å²) in [6, 6.07) is 4.87. The highest BCUT2D eigenvalue weighted by atomic mass is 19.4. The van der Waals surface area contributed by atoms with E-state index >= 15 is 0 Å². The van der Waals surface area contributed by atoms with E-state index in [1.54, 1.807) is 17.6 Å². The molecule has 0 radical (unpaired) electrons. The van der Waals surface area contributed by atoms with Crippen LogP contribution in [0.4, 0.5) is 24.7 Å².